The molecule has 0 aliphatic carbocycles. The van der Waals surface area contributed by atoms with Crippen LogP contribution in [0.4, 0.5) is 0 Å². The highest BCUT2D eigenvalue weighted by Crippen LogP contribution is 2.09. The van der Waals surface area contributed by atoms with Crippen LogP contribution in [0.1, 0.15) is 44.2 Å². The maximum absolute atomic E-state index is 12.5. The number of carboxylic acids is 1. The van der Waals surface area contributed by atoms with E-state index in [1.807, 2.05) is 13.8 Å². The maximum atomic E-state index is 12.5. The molecular formula is C14H22N4O4. The van der Waals surface area contributed by atoms with E-state index in [4.69, 9.17) is 5.11 Å². The monoisotopic (exact) mass is 310 g/mol. The van der Waals surface area contributed by atoms with Gasteiger partial charge in [0, 0.05) is 32.3 Å². The summed E-state index contributed by atoms with van der Waals surface area (Å²) in [5.41, 5.74) is 0.185. The minimum Gasteiger partial charge on any atom is -0.480 e. The van der Waals surface area contributed by atoms with E-state index in [2.05, 4.69) is 10.4 Å². The van der Waals surface area contributed by atoms with Gasteiger partial charge in [-0.3, -0.25) is 14.3 Å². The molecule has 0 aromatic carbocycles. The maximum Gasteiger partial charge on any atom is 0.326 e. The molecule has 0 fully saturated rings. The fourth-order valence-electron chi connectivity index (χ4n) is 1.84. The van der Waals surface area contributed by atoms with Crippen LogP contribution in [-0.2, 0) is 9.59 Å². The Morgan fingerprint density at radius 1 is 1.36 bits per heavy atom. The molecule has 1 atom stereocenters. The average Bonchev–Trinajstić information content (AvgIpc) is 2.91. The largest absolute Gasteiger partial charge is 0.480 e. The van der Waals surface area contributed by atoms with Crippen molar-refractivity contribution in [1.29, 1.82) is 0 Å². The van der Waals surface area contributed by atoms with Gasteiger partial charge in [0.05, 0.1) is 0 Å². The van der Waals surface area contributed by atoms with Crippen LogP contribution in [0.15, 0.2) is 12.3 Å². The lowest BCUT2D eigenvalue weighted by Gasteiger charge is -2.25. The molecule has 1 rings (SSSR count). The molecule has 122 valence electrons. The van der Waals surface area contributed by atoms with E-state index >= 15 is 0 Å². The zero-order valence-corrected chi connectivity index (χ0v) is 13.2. The summed E-state index contributed by atoms with van der Waals surface area (Å²) in [4.78, 5) is 35.7. The van der Waals surface area contributed by atoms with Crippen molar-refractivity contribution >= 4 is 17.8 Å². The van der Waals surface area contributed by atoms with Crippen molar-refractivity contribution in [3.63, 3.8) is 0 Å². The van der Waals surface area contributed by atoms with E-state index in [9.17, 15) is 14.4 Å². The van der Waals surface area contributed by atoms with Crippen LogP contribution in [0.5, 0.6) is 0 Å². The molecule has 0 aliphatic heterocycles. The second-order valence-electron chi connectivity index (χ2n) is 5.27. The van der Waals surface area contributed by atoms with Gasteiger partial charge in [-0.05, 0) is 26.8 Å². The zero-order valence-electron chi connectivity index (χ0n) is 13.2. The number of carbonyl (C=O) groups excluding carboxylic acids is 2. The molecule has 8 heteroatoms. The Bertz CT molecular complexity index is 553. The first-order valence-corrected chi connectivity index (χ1v) is 7.07. The molecule has 0 radical (unpaired) electrons. The number of nitrogens with one attached hydrogen (secondary N) is 1. The predicted molar refractivity (Wildman–Crippen MR) is 79.4 cm³/mol. The van der Waals surface area contributed by atoms with Gasteiger partial charge in [-0.25, -0.2) is 4.79 Å². The zero-order chi connectivity index (χ0) is 16.9. The third-order valence-corrected chi connectivity index (χ3v) is 3.17. The van der Waals surface area contributed by atoms with Gasteiger partial charge in [0.25, 0.3) is 5.91 Å². The van der Waals surface area contributed by atoms with E-state index in [0.717, 1.165) is 0 Å². The topological polar surface area (TPSA) is 105 Å². The Morgan fingerprint density at radius 2 is 2.00 bits per heavy atom. The fourth-order valence-corrected chi connectivity index (χ4v) is 1.84. The van der Waals surface area contributed by atoms with Gasteiger partial charge < -0.3 is 15.3 Å². The summed E-state index contributed by atoms with van der Waals surface area (Å²) in [6.07, 6.45) is 1.68. The fraction of sp³-hybridized carbons (Fsp3) is 0.571. The standard InChI is InChI=1S/C14H22N4O4/c1-9(2)18-7-5-12(16-18)13(20)17(10(3)14(21)22)8-6-15-11(4)19/h5,7,9-10H,6,8H2,1-4H3,(H,15,19)(H,21,22). The molecule has 0 saturated heterocycles. The second-order valence-corrected chi connectivity index (χ2v) is 5.27. The summed E-state index contributed by atoms with van der Waals surface area (Å²) in [7, 11) is 0. The Balaban J connectivity index is 2.90. The Morgan fingerprint density at radius 3 is 2.45 bits per heavy atom. The SMILES string of the molecule is CC(=O)NCCN(C(=O)c1ccn(C(C)C)n1)C(C)C(=O)O. The quantitative estimate of drug-likeness (QED) is 0.764. The lowest BCUT2D eigenvalue weighted by molar-refractivity contribution is -0.141. The van der Waals surface area contributed by atoms with Gasteiger partial charge in [0.1, 0.15) is 11.7 Å². The molecule has 0 aliphatic rings. The molecular weight excluding hydrogens is 288 g/mol. The van der Waals surface area contributed by atoms with E-state index in [1.165, 1.54) is 18.7 Å². The normalized spacial score (nSPS) is 12.0. The van der Waals surface area contributed by atoms with E-state index < -0.39 is 17.9 Å². The van der Waals surface area contributed by atoms with Gasteiger partial charge >= 0.3 is 5.97 Å². The van der Waals surface area contributed by atoms with Crippen molar-refractivity contribution in [1.82, 2.24) is 20.0 Å². The number of hydrogen-bond acceptors (Lipinski definition) is 4. The van der Waals surface area contributed by atoms with Gasteiger partial charge in [0.2, 0.25) is 5.91 Å². The highest BCUT2D eigenvalue weighted by atomic mass is 16.4. The summed E-state index contributed by atoms with van der Waals surface area (Å²) in [5, 5.41) is 15.9. The number of carbonyl (C=O) groups is 3. The first-order chi connectivity index (χ1) is 10.2. The molecule has 22 heavy (non-hydrogen) atoms. The minimum absolute atomic E-state index is 0.0976. The predicted octanol–water partition coefficient (Wildman–Crippen LogP) is 0.515. The molecule has 1 aromatic rings. The van der Waals surface area contributed by atoms with Crippen LogP contribution in [-0.4, -0.2) is 56.7 Å². The van der Waals surface area contributed by atoms with Crippen molar-refractivity contribution in [3.8, 4) is 0 Å². The summed E-state index contributed by atoms with van der Waals surface area (Å²) < 4.78 is 1.63. The number of aromatic nitrogens is 2. The first kappa shape index (κ1) is 17.7. The highest BCUT2D eigenvalue weighted by Gasteiger charge is 2.27. The van der Waals surface area contributed by atoms with Gasteiger partial charge in [-0.1, -0.05) is 0 Å². The summed E-state index contributed by atoms with van der Waals surface area (Å²) in [6.45, 7) is 6.92. The molecule has 8 nitrogen and oxygen atoms in total. The van der Waals surface area contributed by atoms with Crippen molar-refractivity contribution in [2.75, 3.05) is 13.1 Å². The molecule has 1 heterocycles. The molecule has 2 amide bonds. The van der Waals surface area contributed by atoms with Gasteiger partial charge in [-0.15, -0.1) is 0 Å². The van der Waals surface area contributed by atoms with E-state index in [1.54, 1.807) is 16.9 Å². The second kappa shape index (κ2) is 7.58. The van der Waals surface area contributed by atoms with Gasteiger partial charge in [0.15, 0.2) is 0 Å². The first-order valence-electron chi connectivity index (χ1n) is 7.07. The lowest BCUT2D eigenvalue weighted by atomic mass is 10.2. The number of aliphatic carboxylic acids is 1. The van der Waals surface area contributed by atoms with Crippen LogP contribution >= 0.6 is 0 Å². The molecule has 0 saturated carbocycles. The van der Waals surface area contributed by atoms with Crippen LogP contribution in [0.2, 0.25) is 0 Å². The molecule has 1 aromatic heterocycles. The Hall–Kier alpha value is -2.38. The number of rotatable bonds is 7. The van der Waals surface area contributed by atoms with Crippen molar-refractivity contribution in [2.24, 2.45) is 0 Å². The third kappa shape index (κ3) is 4.57. The molecule has 0 bridgehead atoms. The number of nitrogens with zero attached hydrogens (tertiary/aromatic N) is 3. The minimum atomic E-state index is -1.11. The van der Waals surface area contributed by atoms with Gasteiger partial charge in [-0.2, -0.15) is 5.10 Å². The van der Waals surface area contributed by atoms with Crippen LogP contribution in [0.3, 0.4) is 0 Å². The Kier molecular flexibility index (Phi) is 6.09. The van der Waals surface area contributed by atoms with E-state index in [0.29, 0.717) is 0 Å². The molecule has 1 unspecified atom stereocenters. The smallest absolute Gasteiger partial charge is 0.326 e. The van der Waals surface area contributed by atoms with Crippen molar-refractivity contribution in [2.45, 2.75) is 39.8 Å². The number of hydrogen-bond donors (Lipinski definition) is 2. The summed E-state index contributed by atoms with van der Waals surface area (Å²) in [6, 6.07) is 0.652. The van der Waals surface area contributed by atoms with Crippen LogP contribution in [0.25, 0.3) is 0 Å². The average molecular weight is 310 g/mol. The van der Waals surface area contributed by atoms with Crippen molar-refractivity contribution < 1.29 is 19.5 Å². The number of carboxylic acid groups (broad SMARTS) is 1. The van der Waals surface area contributed by atoms with Crippen molar-refractivity contribution in [3.05, 3.63) is 18.0 Å². The van der Waals surface area contributed by atoms with Crippen LogP contribution < -0.4 is 5.32 Å². The number of amides is 2. The Labute approximate surface area is 129 Å². The molecule has 0 spiro atoms. The third-order valence-electron chi connectivity index (χ3n) is 3.17. The lowest BCUT2D eigenvalue weighted by Crippen LogP contribution is -2.46. The summed E-state index contributed by atoms with van der Waals surface area (Å²) >= 11 is 0. The summed E-state index contributed by atoms with van der Waals surface area (Å²) in [5.74, 6) is -1.82. The van der Waals surface area contributed by atoms with Crippen LogP contribution in [0, 0.1) is 0 Å². The highest BCUT2D eigenvalue weighted by molar-refractivity contribution is 5.94. The molecule has 2 N–H and O–H groups in total. The van der Waals surface area contributed by atoms with E-state index in [-0.39, 0.29) is 30.7 Å².